The molecule has 0 unspecified atom stereocenters. The molecule has 1 amide bonds. The molecule has 1 aromatic heterocycles. The molecule has 0 saturated carbocycles. The van der Waals surface area contributed by atoms with Crippen molar-refractivity contribution in [3.05, 3.63) is 71.9 Å². The van der Waals surface area contributed by atoms with Gasteiger partial charge in [0, 0.05) is 36.8 Å². The second-order valence-electron chi connectivity index (χ2n) is 8.23. The summed E-state index contributed by atoms with van der Waals surface area (Å²) >= 11 is 0. The van der Waals surface area contributed by atoms with Crippen molar-refractivity contribution in [2.75, 3.05) is 37.4 Å². The van der Waals surface area contributed by atoms with Crippen LogP contribution < -0.4 is 15.4 Å². The Morgan fingerprint density at radius 2 is 1.82 bits per heavy atom. The number of amides is 1. The molecule has 1 atom stereocenters. The van der Waals surface area contributed by atoms with Crippen LogP contribution in [-0.4, -0.2) is 48.6 Å². The number of piperazine rings is 1. The highest BCUT2D eigenvalue weighted by Gasteiger charge is 2.30. The minimum absolute atomic E-state index is 0.0800. The average Bonchev–Trinajstić information content (AvgIpc) is 2.83. The fraction of sp³-hybridized carbons (Fsp3) is 0.280. The fourth-order valence-corrected chi connectivity index (χ4v) is 4.18. The number of pyridine rings is 1. The van der Waals surface area contributed by atoms with Gasteiger partial charge >= 0.3 is 6.18 Å². The van der Waals surface area contributed by atoms with E-state index in [2.05, 4.69) is 9.88 Å². The Morgan fingerprint density at radius 1 is 1.09 bits per heavy atom. The zero-order chi connectivity index (χ0) is 24.5. The number of methoxy groups -OCH3 is 1. The Morgan fingerprint density at radius 3 is 2.41 bits per heavy atom. The lowest BCUT2D eigenvalue weighted by Gasteiger charge is -2.41. The van der Waals surface area contributed by atoms with Gasteiger partial charge in [0.1, 0.15) is 11.6 Å². The van der Waals surface area contributed by atoms with Gasteiger partial charge in [0.05, 0.1) is 24.6 Å². The molecule has 2 aromatic carbocycles. The molecular weight excluding hydrogens is 445 g/mol. The number of nitrogens with zero attached hydrogens (tertiary/aromatic N) is 3. The monoisotopic (exact) mass is 470 g/mol. The number of benzene rings is 2. The minimum Gasteiger partial charge on any atom is -0.496 e. The fourth-order valence-electron chi connectivity index (χ4n) is 4.18. The molecule has 2 N–H and O–H groups in total. The molecule has 34 heavy (non-hydrogen) atoms. The molecule has 1 fully saturated rings. The van der Waals surface area contributed by atoms with Crippen LogP contribution in [0.2, 0.25) is 0 Å². The molecule has 0 bridgehead atoms. The van der Waals surface area contributed by atoms with Gasteiger partial charge in [-0.05, 0) is 55.0 Å². The van der Waals surface area contributed by atoms with Crippen molar-refractivity contribution < 1.29 is 22.7 Å². The Labute approximate surface area is 195 Å². The van der Waals surface area contributed by atoms with Crippen LogP contribution in [0.5, 0.6) is 5.75 Å². The largest absolute Gasteiger partial charge is 0.496 e. The molecular formula is C25H25F3N4O2. The molecule has 6 nitrogen and oxygen atoms in total. The Bertz CT molecular complexity index is 1160. The Hall–Kier alpha value is -3.75. The van der Waals surface area contributed by atoms with Crippen molar-refractivity contribution in [1.29, 1.82) is 0 Å². The van der Waals surface area contributed by atoms with Crippen molar-refractivity contribution >= 4 is 17.4 Å². The first-order valence-corrected chi connectivity index (χ1v) is 10.8. The van der Waals surface area contributed by atoms with Crippen LogP contribution in [0.15, 0.2) is 60.8 Å². The van der Waals surface area contributed by atoms with Crippen molar-refractivity contribution in [3.63, 3.8) is 0 Å². The number of hydrogen-bond donors (Lipinski definition) is 1. The van der Waals surface area contributed by atoms with Crippen molar-refractivity contribution in [3.8, 4) is 16.9 Å². The van der Waals surface area contributed by atoms with Crippen LogP contribution in [0.3, 0.4) is 0 Å². The van der Waals surface area contributed by atoms with Gasteiger partial charge < -0.3 is 20.3 Å². The highest BCUT2D eigenvalue weighted by atomic mass is 19.4. The summed E-state index contributed by atoms with van der Waals surface area (Å²) in [5.74, 6) is 0.753. The highest BCUT2D eigenvalue weighted by molar-refractivity contribution is 5.96. The second kappa shape index (κ2) is 9.24. The number of rotatable bonds is 4. The van der Waals surface area contributed by atoms with E-state index >= 15 is 0 Å². The van der Waals surface area contributed by atoms with Crippen LogP contribution in [0.4, 0.5) is 24.7 Å². The van der Waals surface area contributed by atoms with Crippen LogP contribution in [0.1, 0.15) is 22.8 Å². The first-order chi connectivity index (χ1) is 16.2. The van der Waals surface area contributed by atoms with Crippen molar-refractivity contribution in [2.45, 2.75) is 19.1 Å². The summed E-state index contributed by atoms with van der Waals surface area (Å²) in [6, 6.07) is 13.6. The third kappa shape index (κ3) is 4.78. The zero-order valence-electron chi connectivity index (χ0n) is 18.8. The topological polar surface area (TPSA) is 71.7 Å². The van der Waals surface area contributed by atoms with Crippen LogP contribution in [-0.2, 0) is 6.18 Å². The first-order valence-electron chi connectivity index (χ1n) is 10.8. The van der Waals surface area contributed by atoms with Gasteiger partial charge in [-0.2, -0.15) is 13.2 Å². The van der Waals surface area contributed by atoms with Crippen LogP contribution in [0, 0.1) is 0 Å². The van der Waals surface area contributed by atoms with E-state index in [-0.39, 0.29) is 11.9 Å². The number of hydrogen-bond acceptors (Lipinski definition) is 5. The molecule has 9 heteroatoms. The van der Waals surface area contributed by atoms with E-state index < -0.39 is 11.7 Å². The van der Waals surface area contributed by atoms with E-state index in [1.165, 1.54) is 19.2 Å². The maximum Gasteiger partial charge on any atom is 0.416 e. The number of halogens is 3. The Balaban J connectivity index is 1.50. The van der Waals surface area contributed by atoms with Gasteiger partial charge in [0.2, 0.25) is 0 Å². The van der Waals surface area contributed by atoms with Gasteiger partial charge in [0.15, 0.2) is 0 Å². The summed E-state index contributed by atoms with van der Waals surface area (Å²) in [5, 5.41) is 0. The molecule has 1 aliphatic rings. The van der Waals surface area contributed by atoms with Crippen molar-refractivity contribution in [2.24, 2.45) is 0 Å². The normalized spacial score (nSPS) is 16.4. The molecule has 0 aliphatic carbocycles. The van der Waals surface area contributed by atoms with Gasteiger partial charge in [0.25, 0.3) is 5.91 Å². The van der Waals surface area contributed by atoms with Gasteiger partial charge in [-0.1, -0.05) is 12.1 Å². The summed E-state index contributed by atoms with van der Waals surface area (Å²) in [4.78, 5) is 21.3. The highest BCUT2D eigenvalue weighted by Crippen LogP contribution is 2.35. The van der Waals surface area contributed by atoms with Gasteiger partial charge in [-0.15, -0.1) is 0 Å². The lowest BCUT2D eigenvalue weighted by Crippen LogP contribution is -2.53. The lowest BCUT2D eigenvalue weighted by atomic mass is 10.0. The smallest absolute Gasteiger partial charge is 0.416 e. The van der Waals surface area contributed by atoms with E-state index in [4.69, 9.17) is 10.5 Å². The Kier molecular flexibility index (Phi) is 6.37. The van der Waals surface area contributed by atoms with E-state index in [0.717, 1.165) is 17.8 Å². The number of carbonyl (C=O) groups is 1. The molecule has 1 aliphatic heterocycles. The quantitative estimate of drug-likeness (QED) is 0.598. The molecule has 4 rings (SSSR count). The van der Waals surface area contributed by atoms with Gasteiger partial charge in [-0.25, -0.2) is 4.98 Å². The number of anilines is 2. The molecule has 0 radical (unpaired) electrons. The molecule has 178 valence electrons. The molecule has 1 saturated heterocycles. The molecule has 2 heterocycles. The number of nitrogen functional groups attached to an aromatic ring is 1. The number of aromatic nitrogens is 1. The lowest BCUT2D eigenvalue weighted by molar-refractivity contribution is -0.137. The third-order valence-electron chi connectivity index (χ3n) is 5.99. The summed E-state index contributed by atoms with van der Waals surface area (Å²) in [5.41, 5.74) is 7.56. The predicted octanol–water partition coefficient (Wildman–Crippen LogP) is 4.71. The summed E-state index contributed by atoms with van der Waals surface area (Å²) in [6.45, 7) is 3.77. The third-order valence-corrected chi connectivity index (χ3v) is 5.99. The molecule has 0 spiro atoms. The van der Waals surface area contributed by atoms with E-state index in [0.29, 0.717) is 47.9 Å². The van der Waals surface area contributed by atoms with Crippen molar-refractivity contribution in [1.82, 2.24) is 9.88 Å². The number of alkyl halides is 3. The summed E-state index contributed by atoms with van der Waals surface area (Å²) in [6.07, 6.45) is -2.67. The SMILES string of the molecule is COc1cc(C(=O)N2CCN(c3ccc(N)nc3)[C@H](C)C2)ccc1-c1ccc(C(F)(F)F)cc1. The average molecular weight is 470 g/mol. The second-order valence-corrected chi connectivity index (χ2v) is 8.23. The van der Waals surface area contributed by atoms with E-state index in [9.17, 15) is 18.0 Å². The maximum absolute atomic E-state index is 13.2. The van der Waals surface area contributed by atoms with E-state index in [1.807, 2.05) is 13.0 Å². The maximum atomic E-state index is 13.2. The zero-order valence-corrected chi connectivity index (χ0v) is 18.8. The number of nitrogens with two attached hydrogens (primary N) is 1. The standard InChI is InChI=1S/C25H25F3N4O2/c1-16-15-31(11-12-32(16)20-8-10-23(29)30-14-20)24(33)18-5-9-21(22(13-18)34-2)17-3-6-19(7-4-17)25(26,27)28/h3-10,13-14,16H,11-12,15H2,1-2H3,(H2,29,30)/t16-/m1/s1. The first kappa shape index (κ1) is 23.4. The van der Waals surface area contributed by atoms with E-state index in [1.54, 1.807) is 35.4 Å². The van der Waals surface area contributed by atoms with Crippen LogP contribution in [0.25, 0.3) is 11.1 Å². The number of carbonyl (C=O) groups excluding carboxylic acids is 1. The molecule has 3 aromatic rings. The number of ether oxygens (including phenoxy) is 1. The van der Waals surface area contributed by atoms with Gasteiger partial charge in [-0.3, -0.25) is 4.79 Å². The minimum atomic E-state index is -4.40. The van der Waals surface area contributed by atoms with Crippen LogP contribution >= 0.6 is 0 Å². The predicted molar refractivity (Wildman–Crippen MR) is 125 cm³/mol. The summed E-state index contributed by atoms with van der Waals surface area (Å²) in [7, 11) is 1.47. The summed E-state index contributed by atoms with van der Waals surface area (Å²) < 4.78 is 44.1.